The average Bonchev–Trinajstić information content (AvgIpc) is 2.39. The first-order valence-electron chi connectivity index (χ1n) is 7.04. The van der Waals surface area contributed by atoms with Crippen molar-refractivity contribution >= 4 is 10.2 Å². The lowest BCUT2D eigenvalue weighted by molar-refractivity contribution is 0.0662. The monoisotopic (exact) mass is 292 g/mol. The second kappa shape index (κ2) is 6.49. The van der Waals surface area contributed by atoms with Crippen LogP contribution in [0.5, 0.6) is 0 Å². The first kappa shape index (κ1) is 15.2. The standard InChI is InChI=1S/C12H24N2O4S/c1-11(15)10-12-4-2-3-5-14(12)19(16,17)13-6-8-18-9-7-13/h11-12,15H,2-10H2,1H3. The Kier molecular flexibility index (Phi) is 5.19. The Hall–Kier alpha value is -0.210. The molecule has 7 heteroatoms. The van der Waals surface area contributed by atoms with Gasteiger partial charge in [0.05, 0.1) is 19.3 Å². The maximum absolute atomic E-state index is 12.6. The fourth-order valence-electron chi connectivity index (χ4n) is 2.83. The van der Waals surface area contributed by atoms with Crippen LogP contribution in [0.1, 0.15) is 32.6 Å². The van der Waals surface area contributed by atoms with E-state index in [0.29, 0.717) is 39.3 Å². The molecule has 2 saturated heterocycles. The lowest BCUT2D eigenvalue weighted by atomic mass is 10.00. The molecule has 2 fully saturated rings. The summed E-state index contributed by atoms with van der Waals surface area (Å²) in [5, 5.41) is 9.54. The number of hydrogen-bond acceptors (Lipinski definition) is 4. The lowest BCUT2D eigenvalue weighted by Gasteiger charge is -2.39. The van der Waals surface area contributed by atoms with E-state index in [-0.39, 0.29) is 6.04 Å². The van der Waals surface area contributed by atoms with Crippen LogP contribution in [0.2, 0.25) is 0 Å². The van der Waals surface area contributed by atoms with Crippen molar-refractivity contribution in [1.82, 2.24) is 8.61 Å². The first-order chi connectivity index (χ1) is 9.01. The number of hydrogen-bond donors (Lipinski definition) is 1. The summed E-state index contributed by atoms with van der Waals surface area (Å²) in [7, 11) is -3.40. The molecule has 2 aliphatic rings. The van der Waals surface area contributed by atoms with Gasteiger partial charge in [0.1, 0.15) is 0 Å². The number of ether oxygens (including phenoxy) is 1. The Morgan fingerprint density at radius 3 is 2.58 bits per heavy atom. The third-order valence-electron chi connectivity index (χ3n) is 3.78. The summed E-state index contributed by atoms with van der Waals surface area (Å²) in [6.07, 6.45) is 2.83. The highest BCUT2D eigenvalue weighted by Gasteiger charge is 2.37. The van der Waals surface area contributed by atoms with Crippen LogP contribution in [-0.2, 0) is 14.9 Å². The number of rotatable bonds is 4. The van der Waals surface area contributed by atoms with Gasteiger partial charge in [0.15, 0.2) is 0 Å². The van der Waals surface area contributed by atoms with E-state index in [1.54, 1.807) is 11.2 Å². The number of aliphatic hydroxyl groups is 1. The molecule has 2 aliphatic heterocycles. The van der Waals surface area contributed by atoms with Crippen LogP contribution in [0, 0.1) is 0 Å². The molecule has 6 nitrogen and oxygen atoms in total. The fourth-order valence-corrected chi connectivity index (χ4v) is 4.67. The number of morpholine rings is 1. The topological polar surface area (TPSA) is 70.1 Å². The summed E-state index contributed by atoms with van der Waals surface area (Å²) in [5.41, 5.74) is 0. The normalized spacial score (nSPS) is 29.3. The summed E-state index contributed by atoms with van der Waals surface area (Å²) in [4.78, 5) is 0. The van der Waals surface area contributed by atoms with Crippen LogP contribution in [0.3, 0.4) is 0 Å². The van der Waals surface area contributed by atoms with Gasteiger partial charge < -0.3 is 9.84 Å². The van der Waals surface area contributed by atoms with E-state index in [4.69, 9.17) is 4.74 Å². The van der Waals surface area contributed by atoms with E-state index < -0.39 is 16.3 Å². The Morgan fingerprint density at radius 2 is 1.95 bits per heavy atom. The minimum absolute atomic E-state index is 0.0680. The summed E-state index contributed by atoms with van der Waals surface area (Å²) >= 11 is 0. The molecular formula is C12H24N2O4S. The molecule has 1 N–H and O–H groups in total. The van der Waals surface area contributed by atoms with Crippen LogP contribution < -0.4 is 0 Å². The van der Waals surface area contributed by atoms with E-state index in [2.05, 4.69) is 0 Å². The molecule has 0 spiro atoms. The maximum atomic E-state index is 12.6. The van der Waals surface area contributed by atoms with Crippen molar-refractivity contribution in [3.8, 4) is 0 Å². The smallest absolute Gasteiger partial charge is 0.282 e. The molecule has 2 rings (SSSR count). The van der Waals surface area contributed by atoms with Gasteiger partial charge in [-0.2, -0.15) is 17.0 Å². The zero-order valence-electron chi connectivity index (χ0n) is 11.5. The average molecular weight is 292 g/mol. The zero-order chi connectivity index (χ0) is 13.9. The SMILES string of the molecule is CC(O)CC1CCCCN1S(=O)(=O)N1CCOCC1. The molecular weight excluding hydrogens is 268 g/mol. The van der Waals surface area contributed by atoms with Gasteiger partial charge in [0.2, 0.25) is 0 Å². The molecule has 2 atom stereocenters. The summed E-state index contributed by atoms with van der Waals surface area (Å²) < 4.78 is 33.6. The van der Waals surface area contributed by atoms with E-state index >= 15 is 0 Å². The quantitative estimate of drug-likeness (QED) is 0.803. The molecule has 0 aromatic heterocycles. The van der Waals surface area contributed by atoms with Crippen molar-refractivity contribution in [2.45, 2.75) is 44.8 Å². The van der Waals surface area contributed by atoms with Gasteiger partial charge in [-0.15, -0.1) is 0 Å². The molecule has 0 aromatic rings. The number of piperidine rings is 1. The van der Waals surface area contributed by atoms with Gasteiger partial charge in [-0.25, -0.2) is 0 Å². The number of aliphatic hydroxyl groups excluding tert-OH is 1. The van der Waals surface area contributed by atoms with Crippen LogP contribution in [0.4, 0.5) is 0 Å². The van der Waals surface area contributed by atoms with Crippen molar-refractivity contribution in [1.29, 1.82) is 0 Å². The van der Waals surface area contributed by atoms with Crippen molar-refractivity contribution in [3.05, 3.63) is 0 Å². The van der Waals surface area contributed by atoms with E-state index in [9.17, 15) is 13.5 Å². The third-order valence-corrected chi connectivity index (χ3v) is 5.87. The van der Waals surface area contributed by atoms with Gasteiger partial charge >= 0.3 is 0 Å². The second-order valence-electron chi connectivity index (χ2n) is 5.36. The highest BCUT2D eigenvalue weighted by Crippen LogP contribution is 2.26. The van der Waals surface area contributed by atoms with Gasteiger partial charge in [0.25, 0.3) is 10.2 Å². The van der Waals surface area contributed by atoms with E-state index in [1.807, 2.05) is 0 Å². The van der Waals surface area contributed by atoms with Gasteiger partial charge in [-0.3, -0.25) is 0 Å². The van der Waals surface area contributed by atoms with Crippen LogP contribution >= 0.6 is 0 Å². The van der Waals surface area contributed by atoms with Gasteiger partial charge in [0, 0.05) is 25.7 Å². The highest BCUT2D eigenvalue weighted by molar-refractivity contribution is 7.86. The minimum atomic E-state index is -3.40. The van der Waals surface area contributed by atoms with Gasteiger partial charge in [-0.05, 0) is 26.2 Å². The molecule has 19 heavy (non-hydrogen) atoms. The molecule has 112 valence electrons. The molecule has 0 aromatic carbocycles. The molecule has 0 amide bonds. The molecule has 2 heterocycles. The molecule has 0 aliphatic carbocycles. The minimum Gasteiger partial charge on any atom is -0.393 e. The van der Waals surface area contributed by atoms with Gasteiger partial charge in [-0.1, -0.05) is 6.42 Å². The van der Waals surface area contributed by atoms with Crippen LogP contribution in [0.25, 0.3) is 0 Å². The van der Waals surface area contributed by atoms with Crippen LogP contribution in [0.15, 0.2) is 0 Å². The Balaban J connectivity index is 2.11. The predicted octanol–water partition coefficient (Wildman–Crippen LogP) is 0.189. The summed E-state index contributed by atoms with van der Waals surface area (Å²) in [6, 6.07) is -0.0680. The van der Waals surface area contributed by atoms with Crippen molar-refractivity contribution < 1.29 is 18.3 Å². The predicted molar refractivity (Wildman–Crippen MR) is 72.0 cm³/mol. The molecule has 0 saturated carbocycles. The van der Waals surface area contributed by atoms with Crippen molar-refractivity contribution in [3.63, 3.8) is 0 Å². The maximum Gasteiger partial charge on any atom is 0.282 e. The Morgan fingerprint density at radius 1 is 1.26 bits per heavy atom. The number of nitrogens with zero attached hydrogens (tertiary/aromatic N) is 2. The highest BCUT2D eigenvalue weighted by atomic mass is 32.2. The second-order valence-corrected chi connectivity index (χ2v) is 7.25. The molecule has 0 bridgehead atoms. The Labute approximate surface area is 115 Å². The molecule has 0 radical (unpaired) electrons. The largest absolute Gasteiger partial charge is 0.393 e. The Bertz CT molecular complexity index is 379. The van der Waals surface area contributed by atoms with E-state index in [1.165, 1.54) is 4.31 Å². The first-order valence-corrected chi connectivity index (χ1v) is 8.44. The van der Waals surface area contributed by atoms with Crippen LogP contribution in [-0.4, -0.2) is 67.1 Å². The fraction of sp³-hybridized carbons (Fsp3) is 1.00. The lowest BCUT2D eigenvalue weighted by Crippen LogP contribution is -2.53. The van der Waals surface area contributed by atoms with E-state index in [0.717, 1.165) is 19.3 Å². The zero-order valence-corrected chi connectivity index (χ0v) is 12.3. The molecule has 2 unspecified atom stereocenters. The van der Waals surface area contributed by atoms with Crippen molar-refractivity contribution in [2.24, 2.45) is 0 Å². The van der Waals surface area contributed by atoms with Crippen molar-refractivity contribution in [2.75, 3.05) is 32.8 Å². The summed E-state index contributed by atoms with van der Waals surface area (Å²) in [6.45, 7) is 4.08. The third kappa shape index (κ3) is 3.66. The summed E-state index contributed by atoms with van der Waals surface area (Å²) in [5.74, 6) is 0.